The van der Waals surface area contributed by atoms with Gasteiger partial charge < -0.3 is 4.74 Å². The van der Waals surface area contributed by atoms with Gasteiger partial charge in [-0.15, -0.1) is 0 Å². The number of nitrogens with one attached hydrogen (secondary N) is 1. The molecule has 0 saturated heterocycles. The molecule has 1 amide bonds. The number of rotatable bonds is 5. The molecular formula is C8H16F2N2O2. The zero-order chi connectivity index (χ0) is 11.4. The van der Waals surface area contributed by atoms with E-state index in [9.17, 15) is 13.6 Å². The molecule has 3 N–H and O–H groups in total. The summed E-state index contributed by atoms with van der Waals surface area (Å²) < 4.78 is 30.6. The van der Waals surface area contributed by atoms with Gasteiger partial charge in [-0.3, -0.25) is 10.2 Å². The molecule has 0 aromatic rings. The fraction of sp³-hybridized carbons (Fsp3) is 0.875. The van der Waals surface area contributed by atoms with Crippen LogP contribution >= 0.6 is 0 Å². The summed E-state index contributed by atoms with van der Waals surface area (Å²) in [6, 6.07) is 0. The van der Waals surface area contributed by atoms with Gasteiger partial charge in [-0.1, -0.05) is 6.92 Å². The summed E-state index contributed by atoms with van der Waals surface area (Å²) in [6.45, 7) is 4.19. The number of carbonyl (C=O) groups excluding carboxylic acids is 1. The van der Waals surface area contributed by atoms with E-state index in [4.69, 9.17) is 4.74 Å². The van der Waals surface area contributed by atoms with Gasteiger partial charge in [0.2, 0.25) is 0 Å². The highest BCUT2D eigenvalue weighted by Gasteiger charge is 2.40. The van der Waals surface area contributed by atoms with Crippen molar-refractivity contribution in [2.75, 3.05) is 6.61 Å². The summed E-state index contributed by atoms with van der Waals surface area (Å²) in [5, 5.41) is 0. The number of hydrogen-bond donors (Lipinski definition) is 2. The first-order valence-corrected chi connectivity index (χ1v) is 4.28. The summed E-state index contributed by atoms with van der Waals surface area (Å²) in [5.41, 5.74) is 0.722. The molecule has 0 radical (unpaired) electrons. The molecule has 0 saturated carbocycles. The summed E-state index contributed by atoms with van der Waals surface area (Å²) in [7, 11) is 0. The van der Waals surface area contributed by atoms with Crippen LogP contribution in [-0.2, 0) is 9.53 Å². The molecule has 0 bridgehead atoms. The number of ether oxygens (including phenoxy) is 1. The molecule has 6 heteroatoms. The maximum absolute atomic E-state index is 12.9. The number of alkyl halides is 2. The lowest BCUT2D eigenvalue weighted by Crippen LogP contribution is -2.47. The van der Waals surface area contributed by atoms with E-state index < -0.39 is 24.0 Å². The fourth-order valence-corrected chi connectivity index (χ4v) is 0.559. The van der Waals surface area contributed by atoms with E-state index in [0.29, 0.717) is 6.42 Å². The second-order valence-electron chi connectivity index (χ2n) is 3.58. The van der Waals surface area contributed by atoms with Gasteiger partial charge in [0.25, 0.3) is 0 Å². The predicted octanol–water partition coefficient (Wildman–Crippen LogP) is 0.817. The monoisotopic (exact) mass is 210 g/mol. The van der Waals surface area contributed by atoms with Crippen LogP contribution in [0.4, 0.5) is 8.78 Å². The highest BCUT2D eigenvalue weighted by Crippen LogP contribution is 2.20. The van der Waals surface area contributed by atoms with Crippen molar-refractivity contribution >= 4 is 5.91 Å². The van der Waals surface area contributed by atoms with Crippen molar-refractivity contribution in [2.24, 2.45) is 5.84 Å². The SMILES string of the molecule is CCC(C)(C)OCC(F)(F)C(=O)NN. The second-order valence-corrected chi connectivity index (χ2v) is 3.58. The normalized spacial score (nSPS) is 12.7. The Morgan fingerprint density at radius 1 is 1.50 bits per heavy atom. The van der Waals surface area contributed by atoms with Gasteiger partial charge in [-0.05, 0) is 20.3 Å². The van der Waals surface area contributed by atoms with Crippen molar-refractivity contribution in [2.45, 2.75) is 38.7 Å². The van der Waals surface area contributed by atoms with Crippen LogP contribution in [0.1, 0.15) is 27.2 Å². The minimum absolute atomic E-state index is 0.577. The first kappa shape index (κ1) is 13.2. The first-order valence-electron chi connectivity index (χ1n) is 4.28. The van der Waals surface area contributed by atoms with E-state index in [-0.39, 0.29) is 0 Å². The van der Waals surface area contributed by atoms with Crippen LogP contribution in [-0.4, -0.2) is 24.0 Å². The molecular weight excluding hydrogens is 194 g/mol. The molecule has 0 aliphatic rings. The predicted molar refractivity (Wildman–Crippen MR) is 47.6 cm³/mol. The van der Waals surface area contributed by atoms with Crippen LogP contribution in [0.2, 0.25) is 0 Å². The summed E-state index contributed by atoms with van der Waals surface area (Å²) >= 11 is 0. The Bertz CT molecular complexity index is 208. The Kier molecular flexibility index (Phi) is 4.41. The maximum Gasteiger partial charge on any atom is 0.348 e. The molecule has 4 nitrogen and oxygen atoms in total. The maximum atomic E-state index is 12.9. The van der Waals surface area contributed by atoms with E-state index in [1.807, 2.05) is 0 Å². The third-order valence-corrected chi connectivity index (χ3v) is 1.96. The zero-order valence-corrected chi connectivity index (χ0v) is 8.56. The summed E-state index contributed by atoms with van der Waals surface area (Å²) in [6.07, 6.45) is 0.577. The number of halogens is 2. The Morgan fingerprint density at radius 2 is 2.00 bits per heavy atom. The fourth-order valence-electron chi connectivity index (χ4n) is 0.559. The van der Waals surface area contributed by atoms with Crippen LogP contribution in [0.25, 0.3) is 0 Å². The van der Waals surface area contributed by atoms with Crippen LogP contribution in [0.3, 0.4) is 0 Å². The van der Waals surface area contributed by atoms with Crippen molar-refractivity contribution in [3.8, 4) is 0 Å². The average Bonchev–Trinajstić information content (AvgIpc) is 2.14. The first-order chi connectivity index (χ1) is 6.25. The van der Waals surface area contributed by atoms with Gasteiger partial charge in [-0.25, -0.2) is 5.84 Å². The Labute approximate surface area is 81.8 Å². The molecule has 0 aromatic carbocycles. The molecule has 0 spiro atoms. The number of hydrogen-bond acceptors (Lipinski definition) is 3. The highest BCUT2D eigenvalue weighted by molar-refractivity contribution is 5.82. The molecule has 14 heavy (non-hydrogen) atoms. The van der Waals surface area contributed by atoms with Crippen LogP contribution in [0.15, 0.2) is 0 Å². The van der Waals surface area contributed by atoms with E-state index >= 15 is 0 Å². The van der Waals surface area contributed by atoms with E-state index in [0.717, 1.165) is 0 Å². The standard InChI is InChI=1S/C8H16F2N2O2/c1-4-7(2,3)14-5-8(9,10)6(13)12-11/h4-5,11H2,1-3H3,(H,12,13). The highest BCUT2D eigenvalue weighted by atomic mass is 19.3. The Balaban J connectivity index is 4.18. The van der Waals surface area contributed by atoms with Gasteiger partial charge in [-0.2, -0.15) is 8.78 Å². The largest absolute Gasteiger partial charge is 0.369 e. The number of carbonyl (C=O) groups is 1. The van der Waals surface area contributed by atoms with Gasteiger partial charge in [0.1, 0.15) is 6.61 Å². The third-order valence-electron chi connectivity index (χ3n) is 1.96. The molecule has 0 atom stereocenters. The quantitative estimate of drug-likeness (QED) is 0.401. The van der Waals surface area contributed by atoms with Crippen molar-refractivity contribution in [3.05, 3.63) is 0 Å². The Morgan fingerprint density at radius 3 is 2.36 bits per heavy atom. The van der Waals surface area contributed by atoms with Crippen molar-refractivity contribution in [1.82, 2.24) is 5.43 Å². The minimum Gasteiger partial charge on any atom is -0.369 e. The summed E-state index contributed by atoms with van der Waals surface area (Å²) in [4.78, 5) is 10.6. The number of hydrazine groups is 1. The molecule has 0 aliphatic carbocycles. The third kappa shape index (κ3) is 3.97. The second kappa shape index (κ2) is 4.65. The molecule has 0 unspecified atom stereocenters. The molecule has 0 rings (SSSR count). The lowest BCUT2D eigenvalue weighted by atomic mass is 10.1. The van der Waals surface area contributed by atoms with Crippen molar-refractivity contribution in [3.63, 3.8) is 0 Å². The van der Waals surface area contributed by atoms with Crippen LogP contribution in [0, 0.1) is 0 Å². The number of nitrogens with two attached hydrogens (primary N) is 1. The minimum atomic E-state index is -3.58. The molecule has 0 aliphatic heterocycles. The lowest BCUT2D eigenvalue weighted by molar-refractivity contribution is -0.164. The summed E-state index contributed by atoms with van der Waals surface area (Å²) in [5.74, 6) is -0.525. The van der Waals surface area contributed by atoms with Gasteiger partial charge >= 0.3 is 11.8 Å². The lowest BCUT2D eigenvalue weighted by Gasteiger charge is -2.25. The van der Waals surface area contributed by atoms with Crippen molar-refractivity contribution < 1.29 is 18.3 Å². The smallest absolute Gasteiger partial charge is 0.348 e. The topological polar surface area (TPSA) is 64.3 Å². The van der Waals surface area contributed by atoms with Crippen molar-refractivity contribution in [1.29, 1.82) is 0 Å². The molecule has 84 valence electrons. The van der Waals surface area contributed by atoms with E-state index in [1.165, 1.54) is 5.43 Å². The van der Waals surface area contributed by atoms with Crippen LogP contribution < -0.4 is 11.3 Å². The molecule has 0 fully saturated rings. The molecule has 0 aromatic heterocycles. The van der Waals surface area contributed by atoms with Gasteiger partial charge in [0.15, 0.2) is 0 Å². The van der Waals surface area contributed by atoms with Gasteiger partial charge in [0.05, 0.1) is 5.60 Å². The Hall–Kier alpha value is -0.750. The average molecular weight is 210 g/mol. The van der Waals surface area contributed by atoms with E-state index in [1.54, 1.807) is 20.8 Å². The zero-order valence-electron chi connectivity index (χ0n) is 8.56. The molecule has 0 heterocycles. The van der Waals surface area contributed by atoms with Crippen LogP contribution in [0.5, 0.6) is 0 Å². The van der Waals surface area contributed by atoms with E-state index in [2.05, 4.69) is 5.84 Å². The van der Waals surface area contributed by atoms with Gasteiger partial charge in [0, 0.05) is 0 Å². The number of amides is 1.